The SMILES string of the molecule is CCCCNc1ccc(CN2CCCC(C)C2)cc1. The van der Waals surface area contributed by atoms with Crippen LogP contribution in [0.2, 0.25) is 0 Å². The molecule has 0 bridgehead atoms. The number of nitrogens with one attached hydrogen (secondary N) is 1. The summed E-state index contributed by atoms with van der Waals surface area (Å²) in [6, 6.07) is 8.98. The first-order valence-electron chi connectivity index (χ1n) is 7.83. The van der Waals surface area contributed by atoms with E-state index in [4.69, 9.17) is 0 Å². The molecule has 2 heteroatoms. The number of hydrogen-bond acceptors (Lipinski definition) is 2. The first-order chi connectivity index (χ1) is 9.28. The van der Waals surface area contributed by atoms with E-state index in [-0.39, 0.29) is 0 Å². The molecule has 1 aliphatic heterocycles. The van der Waals surface area contributed by atoms with Crippen LogP contribution in [0.5, 0.6) is 0 Å². The minimum Gasteiger partial charge on any atom is -0.385 e. The number of unbranched alkanes of at least 4 members (excludes halogenated alkanes) is 1. The molecule has 1 aromatic carbocycles. The fourth-order valence-electron chi connectivity index (χ4n) is 2.83. The topological polar surface area (TPSA) is 15.3 Å². The van der Waals surface area contributed by atoms with Gasteiger partial charge in [-0.15, -0.1) is 0 Å². The predicted molar refractivity (Wildman–Crippen MR) is 83.5 cm³/mol. The summed E-state index contributed by atoms with van der Waals surface area (Å²) >= 11 is 0. The van der Waals surface area contributed by atoms with Crippen LogP contribution in [0.4, 0.5) is 5.69 Å². The normalized spacial score (nSPS) is 20.4. The maximum atomic E-state index is 3.47. The van der Waals surface area contributed by atoms with Crippen LogP contribution >= 0.6 is 0 Å². The third-order valence-electron chi connectivity index (χ3n) is 3.96. The summed E-state index contributed by atoms with van der Waals surface area (Å²) in [5.74, 6) is 0.865. The molecule has 0 spiro atoms. The predicted octanol–water partition coefficient (Wildman–Crippen LogP) is 4.13. The molecule has 0 radical (unpaired) electrons. The molecule has 1 aliphatic rings. The number of rotatable bonds is 6. The molecule has 0 aromatic heterocycles. The van der Waals surface area contributed by atoms with Crippen LogP contribution in [-0.2, 0) is 6.54 Å². The van der Waals surface area contributed by atoms with E-state index >= 15 is 0 Å². The lowest BCUT2D eigenvalue weighted by Gasteiger charge is -2.30. The first-order valence-corrected chi connectivity index (χ1v) is 7.83. The Morgan fingerprint density at radius 1 is 1.26 bits per heavy atom. The summed E-state index contributed by atoms with van der Waals surface area (Å²) in [7, 11) is 0. The van der Waals surface area contributed by atoms with E-state index < -0.39 is 0 Å². The van der Waals surface area contributed by atoms with Crippen LogP contribution in [-0.4, -0.2) is 24.5 Å². The molecule has 2 nitrogen and oxygen atoms in total. The molecule has 19 heavy (non-hydrogen) atoms. The Kier molecular flexibility index (Phi) is 5.71. The summed E-state index contributed by atoms with van der Waals surface area (Å²) in [5.41, 5.74) is 2.69. The van der Waals surface area contributed by atoms with Gasteiger partial charge < -0.3 is 5.32 Å². The molecule has 0 saturated carbocycles. The lowest BCUT2D eigenvalue weighted by molar-refractivity contribution is 0.176. The van der Waals surface area contributed by atoms with E-state index in [1.165, 1.54) is 50.0 Å². The largest absolute Gasteiger partial charge is 0.385 e. The van der Waals surface area contributed by atoms with E-state index in [0.717, 1.165) is 19.0 Å². The lowest BCUT2D eigenvalue weighted by atomic mass is 10.00. The maximum absolute atomic E-state index is 3.47. The van der Waals surface area contributed by atoms with Crippen molar-refractivity contribution in [2.45, 2.75) is 46.1 Å². The third-order valence-corrected chi connectivity index (χ3v) is 3.96. The minimum absolute atomic E-state index is 0.865. The summed E-state index contributed by atoms with van der Waals surface area (Å²) < 4.78 is 0. The highest BCUT2D eigenvalue weighted by molar-refractivity contribution is 5.44. The Morgan fingerprint density at radius 2 is 2.05 bits per heavy atom. The van der Waals surface area contributed by atoms with Gasteiger partial charge in [-0.25, -0.2) is 0 Å². The van der Waals surface area contributed by atoms with Gasteiger partial charge in [0.1, 0.15) is 0 Å². The van der Waals surface area contributed by atoms with Gasteiger partial charge in [-0.2, -0.15) is 0 Å². The average molecular weight is 260 g/mol. The number of piperidine rings is 1. The molecule has 1 saturated heterocycles. The third kappa shape index (κ3) is 4.87. The summed E-state index contributed by atoms with van der Waals surface area (Å²) in [6.45, 7) is 9.31. The highest BCUT2D eigenvalue weighted by atomic mass is 15.1. The molecule has 1 aromatic rings. The molecular weight excluding hydrogens is 232 g/mol. The Morgan fingerprint density at radius 3 is 2.74 bits per heavy atom. The molecule has 1 fully saturated rings. The molecular formula is C17H28N2. The van der Waals surface area contributed by atoms with Gasteiger partial charge >= 0.3 is 0 Å². The molecule has 2 rings (SSSR count). The zero-order valence-corrected chi connectivity index (χ0v) is 12.5. The second-order valence-corrected chi connectivity index (χ2v) is 5.96. The first kappa shape index (κ1) is 14.4. The summed E-state index contributed by atoms with van der Waals surface area (Å²) in [4.78, 5) is 2.59. The lowest BCUT2D eigenvalue weighted by Crippen LogP contribution is -2.33. The Hall–Kier alpha value is -1.02. The van der Waals surface area contributed by atoms with Crippen molar-refractivity contribution in [2.24, 2.45) is 5.92 Å². The van der Waals surface area contributed by atoms with E-state index in [1.807, 2.05) is 0 Å². The fraction of sp³-hybridized carbons (Fsp3) is 0.647. The molecule has 1 unspecified atom stereocenters. The second-order valence-electron chi connectivity index (χ2n) is 5.96. The quantitative estimate of drug-likeness (QED) is 0.774. The zero-order chi connectivity index (χ0) is 13.5. The molecule has 106 valence electrons. The van der Waals surface area contributed by atoms with Gasteiger partial charge in [0.05, 0.1) is 0 Å². The zero-order valence-electron chi connectivity index (χ0n) is 12.5. The van der Waals surface area contributed by atoms with E-state index in [2.05, 4.69) is 48.3 Å². The minimum atomic E-state index is 0.865. The number of benzene rings is 1. The smallest absolute Gasteiger partial charge is 0.0340 e. The monoisotopic (exact) mass is 260 g/mol. The van der Waals surface area contributed by atoms with E-state index in [9.17, 15) is 0 Å². The molecule has 0 aliphatic carbocycles. The van der Waals surface area contributed by atoms with Gasteiger partial charge in [-0.1, -0.05) is 32.4 Å². The van der Waals surface area contributed by atoms with Crippen molar-refractivity contribution >= 4 is 5.69 Å². The molecule has 1 N–H and O–H groups in total. The standard InChI is InChI=1S/C17H28N2/c1-3-4-11-18-17-9-7-16(8-10-17)14-19-12-5-6-15(2)13-19/h7-10,15,18H,3-6,11-14H2,1-2H3. The summed E-state index contributed by atoms with van der Waals surface area (Å²) in [5, 5.41) is 3.47. The van der Waals surface area contributed by atoms with E-state index in [1.54, 1.807) is 0 Å². The maximum Gasteiger partial charge on any atom is 0.0340 e. The molecule has 1 atom stereocenters. The van der Waals surface area contributed by atoms with Crippen LogP contribution in [0.25, 0.3) is 0 Å². The van der Waals surface area contributed by atoms with Crippen molar-refractivity contribution in [3.05, 3.63) is 29.8 Å². The van der Waals surface area contributed by atoms with Crippen molar-refractivity contribution < 1.29 is 0 Å². The van der Waals surface area contributed by atoms with Crippen molar-refractivity contribution in [3.8, 4) is 0 Å². The average Bonchev–Trinajstić information content (AvgIpc) is 2.41. The van der Waals surface area contributed by atoms with Crippen molar-refractivity contribution in [1.29, 1.82) is 0 Å². The van der Waals surface area contributed by atoms with Gasteiger partial charge in [-0.05, 0) is 49.4 Å². The highest BCUT2D eigenvalue weighted by Crippen LogP contribution is 2.18. The molecule has 1 heterocycles. The Balaban J connectivity index is 1.81. The molecule has 0 amide bonds. The van der Waals surface area contributed by atoms with Gasteiger partial charge in [0.15, 0.2) is 0 Å². The van der Waals surface area contributed by atoms with Crippen LogP contribution in [0.1, 0.15) is 45.1 Å². The van der Waals surface area contributed by atoms with Crippen LogP contribution in [0.15, 0.2) is 24.3 Å². The number of nitrogens with zero attached hydrogens (tertiary/aromatic N) is 1. The fourth-order valence-corrected chi connectivity index (χ4v) is 2.83. The number of anilines is 1. The number of likely N-dealkylation sites (tertiary alicyclic amines) is 1. The van der Waals surface area contributed by atoms with Crippen molar-refractivity contribution in [3.63, 3.8) is 0 Å². The highest BCUT2D eigenvalue weighted by Gasteiger charge is 2.15. The number of hydrogen-bond donors (Lipinski definition) is 1. The summed E-state index contributed by atoms with van der Waals surface area (Å²) in [6.07, 6.45) is 5.25. The Labute approximate surface area is 118 Å². The Bertz CT molecular complexity index is 358. The van der Waals surface area contributed by atoms with E-state index in [0.29, 0.717) is 0 Å². The van der Waals surface area contributed by atoms with Gasteiger partial charge in [0, 0.05) is 25.3 Å². The van der Waals surface area contributed by atoms with Gasteiger partial charge in [-0.3, -0.25) is 4.90 Å². The van der Waals surface area contributed by atoms with Crippen LogP contribution in [0.3, 0.4) is 0 Å². The van der Waals surface area contributed by atoms with Crippen molar-refractivity contribution in [1.82, 2.24) is 4.90 Å². The van der Waals surface area contributed by atoms with Gasteiger partial charge in [0.25, 0.3) is 0 Å². The second kappa shape index (κ2) is 7.54. The van der Waals surface area contributed by atoms with Crippen molar-refractivity contribution in [2.75, 3.05) is 25.0 Å². The van der Waals surface area contributed by atoms with Crippen LogP contribution < -0.4 is 5.32 Å². The van der Waals surface area contributed by atoms with Gasteiger partial charge in [0.2, 0.25) is 0 Å². The van der Waals surface area contributed by atoms with Crippen LogP contribution in [0, 0.1) is 5.92 Å².